The maximum atomic E-state index is 13.3. The van der Waals surface area contributed by atoms with Gasteiger partial charge in [-0.05, 0) is 37.5 Å². The van der Waals surface area contributed by atoms with Crippen molar-refractivity contribution in [2.45, 2.75) is 61.3 Å². The van der Waals surface area contributed by atoms with E-state index in [-0.39, 0.29) is 28.2 Å². The molecule has 1 aromatic carbocycles. The molecule has 3 rings (SSSR count). The first-order valence-corrected chi connectivity index (χ1v) is 12.4. The minimum atomic E-state index is -3.84. The van der Waals surface area contributed by atoms with Crippen LogP contribution in [0.5, 0.6) is 5.75 Å². The summed E-state index contributed by atoms with van der Waals surface area (Å²) in [6.45, 7) is 1.81. The average Bonchev–Trinajstić information content (AvgIpc) is 2.91. The molecule has 0 bridgehead atoms. The van der Waals surface area contributed by atoms with Crippen molar-refractivity contribution in [1.29, 1.82) is 0 Å². The number of aryl methyl sites for hydroxylation is 1. The van der Waals surface area contributed by atoms with Crippen LogP contribution >= 0.6 is 0 Å². The van der Waals surface area contributed by atoms with Crippen LogP contribution in [0.15, 0.2) is 23.1 Å². The first-order valence-electron chi connectivity index (χ1n) is 9.08. The molecule has 1 aromatic rings. The predicted molar refractivity (Wildman–Crippen MR) is 101 cm³/mol. The van der Waals surface area contributed by atoms with Crippen molar-refractivity contribution in [3.8, 4) is 5.75 Å². The molecule has 2 atom stereocenters. The van der Waals surface area contributed by atoms with E-state index < -0.39 is 31.0 Å². The molecular formula is C18H27NO5S2. The minimum Gasteiger partial charge on any atom is -0.495 e. The summed E-state index contributed by atoms with van der Waals surface area (Å²) in [5.74, 6) is -0.199. The van der Waals surface area contributed by atoms with Crippen molar-refractivity contribution in [1.82, 2.24) is 5.32 Å². The fourth-order valence-electron chi connectivity index (χ4n) is 4.02. The first-order chi connectivity index (χ1) is 12.2. The molecule has 0 amide bonds. The van der Waals surface area contributed by atoms with Crippen molar-refractivity contribution in [3.63, 3.8) is 0 Å². The Bertz CT molecular complexity index is 858. The van der Waals surface area contributed by atoms with E-state index in [0.717, 1.165) is 31.2 Å². The highest BCUT2D eigenvalue weighted by Gasteiger charge is 2.47. The number of methoxy groups -OCH3 is 1. The van der Waals surface area contributed by atoms with Crippen molar-refractivity contribution in [2.75, 3.05) is 18.6 Å². The summed E-state index contributed by atoms with van der Waals surface area (Å²) in [4.78, 5) is 0.0811. The lowest BCUT2D eigenvalue weighted by Crippen LogP contribution is -2.48. The standard InChI is InChI=1S/C18H27NO5S2/c1-13-8-9-16(24-2)17(10-13)26(22,23)18-12-25(20,21)11-15(18)19-14-6-4-3-5-7-14/h8-10,14-15,18-19H,3-7,11-12H2,1-2H3/t15-,18-/m0/s1. The molecule has 0 unspecified atom stereocenters. The van der Waals surface area contributed by atoms with E-state index in [9.17, 15) is 16.8 Å². The molecule has 0 spiro atoms. The fourth-order valence-corrected chi connectivity index (χ4v) is 8.94. The molecule has 0 radical (unpaired) electrons. The van der Waals surface area contributed by atoms with Crippen LogP contribution in [0.1, 0.15) is 37.7 Å². The van der Waals surface area contributed by atoms with E-state index in [2.05, 4.69) is 5.32 Å². The Labute approximate surface area is 156 Å². The number of ether oxygens (including phenoxy) is 1. The molecule has 1 saturated heterocycles. The van der Waals surface area contributed by atoms with Gasteiger partial charge in [-0.2, -0.15) is 0 Å². The van der Waals surface area contributed by atoms with Crippen LogP contribution in [0.4, 0.5) is 0 Å². The van der Waals surface area contributed by atoms with Crippen LogP contribution in [0.2, 0.25) is 0 Å². The number of benzene rings is 1. The second kappa shape index (κ2) is 7.48. The normalized spacial score (nSPS) is 26.7. The molecule has 0 aromatic heterocycles. The molecule has 1 heterocycles. The largest absolute Gasteiger partial charge is 0.495 e. The number of hydrogen-bond donors (Lipinski definition) is 1. The van der Waals surface area contributed by atoms with E-state index in [1.54, 1.807) is 18.2 Å². The third-order valence-corrected chi connectivity index (χ3v) is 9.55. The molecule has 1 aliphatic carbocycles. The SMILES string of the molecule is COc1ccc(C)cc1S(=O)(=O)[C@H]1CS(=O)(=O)C[C@@H]1NC1CCCCC1. The highest BCUT2D eigenvalue weighted by Crippen LogP contribution is 2.33. The summed E-state index contributed by atoms with van der Waals surface area (Å²) in [5.41, 5.74) is 0.794. The average molecular weight is 402 g/mol. The van der Waals surface area contributed by atoms with Gasteiger partial charge < -0.3 is 10.1 Å². The van der Waals surface area contributed by atoms with Crippen LogP contribution in [-0.2, 0) is 19.7 Å². The maximum Gasteiger partial charge on any atom is 0.187 e. The monoisotopic (exact) mass is 401 g/mol. The van der Waals surface area contributed by atoms with Crippen molar-refractivity contribution in [3.05, 3.63) is 23.8 Å². The molecule has 1 N–H and O–H groups in total. The summed E-state index contributed by atoms with van der Waals surface area (Å²) in [7, 11) is -5.82. The zero-order valence-corrected chi connectivity index (χ0v) is 16.9. The van der Waals surface area contributed by atoms with E-state index in [0.29, 0.717) is 0 Å². The van der Waals surface area contributed by atoms with Gasteiger partial charge in [-0.15, -0.1) is 0 Å². The van der Waals surface area contributed by atoms with Gasteiger partial charge in [0.05, 0.1) is 23.9 Å². The van der Waals surface area contributed by atoms with E-state index >= 15 is 0 Å². The van der Waals surface area contributed by atoms with E-state index in [1.165, 1.54) is 13.5 Å². The van der Waals surface area contributed by atoms with Gasteiger partial charge in [0.25, 0.3) is 0 Å². The van der Waals surface area contributed by atoms with E-state index in [4.69, 9.17) is 4.74 Å². The van der Waals surface area contributed by atoms with E-state index in [1.807, 2.05) is 6.92 Å². The highest BCUT2D eigenvalue weighted by molar-refractivity contribution is 7.96. The minimum absolute atomic E-state index is 0.0811. The molecule has 6 nitrogen and oxygen atoms in total. The topological polar surface area (TPSA) is 89.5 Å². The Balaban J connectivity index is 1.94. The number of nitrogens with one attached hydrogen (secondary N) is 1. The smallest absolute Gasteiger partial charge is 0.187 e. The number of sulfone groups is 2. The maximum absolute atomic E-state index is 13.3. The zero-order chi connectivity index (χ0) is 18.9. The van der Waals surface area contributed by atoms with Gasteiger partial charge in [-0.1, -0.05) is 25.3 Å². The van der Waals surface area contributed by atoms with Gasteiger partial charge in [0.2, 0.25) is 0 Å². The lowest BCUT2D eigenvalue weighted by Gasteiger charge is -2.29. The number of hydrogen-bond acceptors (Lipinski definition) is 6. The first kappa shape index (κ1) is 19.6. The Kier molecular flexibility index (Phi) is 5.65. The van der Waals surface area contributed by atoms with Crippen LogP contribution < -0.4 is 10.1 Å². The predicted octanol–water partition coefficient (Wildman–Crippen LogP) is 1.87. The third-order valence-electron chi connectivity index (χ3n) is 5.38. The summed E-state index contributed by atoms with van der Waals surface area (Å²) >= 11 is 0. The van der Waals surface area contributed by atoms with Crippen LogP contribution in [0.25, 0.3) is 0 Å². The molecule has 2 fully saturated rings. The Hall–Kier alpha value is -1.12. The molecule has 146 valence electrons. The second-order valence-corrected chi connectivity index (χ2v) is 11.7. The van der Waals surface area contributed by atoms with Crippen LogP contribution in [-0.4, -0.2) is 52.8 Å². The highest BCUT2D eigenvalue weighted by atomic mass is 32.2. The van der Waals surface area contributed by atoms with Gasteiger partial charge in [0.15, 0.2) is 19.7 Å². The molecular weight excluding hydrogens is 374 g/mol. The molecule has 26 heavy (non-hydrogen) atoms. The number of rotatable bonds is 5. The molecule has 1 aliphatic heterocycles. The third kappa shape index (κ3) is 4.07. The summed E-state index contributed by atoms with van der Waals surface area (Å²) in [6, 6.07) is 4.59. The quantitative estimate of drug-likeness (QED) is 0.810. The van der Waals surface area contributed by atoms with Gasteiger partial charge in [-0.25, -0.2) is 16.8 Å². The van der Waals surface area contributed by atoms with Gasteiger partial charge in [0.1, 0.15) is 10.6 Å². The second-order valence-electron chi connectivity index (χ2n) is 7.42. The van der Waals surface area contributed by atoms with Gasteiger partial charge in [-0.3, -0.25) is 0 Å². The summed E-state index contributed by atoms with van der Waals surface area (Å²) in [5, 5.41) is 2.37. The lowest BCUT2D eigenvalue weighted by molar-refractivity contribution is 0.345. The van der Waals surface area contributed by atoms with Gasteiger partial charge >= 0.3 is 0 Å². The van der Waals surface area contributed by atoms with Crippen molar-refractivity contribution in [2.24, 2.45) is 0 Å². The summed E-state index contributed by atoms with van der Waals surface area (Å²) in [6.07, 6.45) is 5.32. The Morgan fingerprint density at radius 1 is 1.12 bits per heavy atom. The fraction of sp³-hybridized carbons (Fsp3) is 0.667. The molecule has 1 saturated carbocycles. The molecule has 2 aliphatic rings. The van der Waals surface area contributed by atoms with Crippen LogP contribution in [0, 0.1) is 6.92 Å². The zero-order valence-electron chi connectivity index (χ0n) is 15.3. The Morgan fingerprint density at radius 3 is 2.46 bits per heavy atom. The van der Waals surface area contributed by atoms with Gasteiger partial charge in [0, 0.05) is 12.1 Å². The lowest BCUT2D eigenvalue weighted by atomic mass is 9.95. The van der Waals surface area contributed by atoms with Crippen LogP contribution in [0.3, 0.4) is 0 Å². The van der Waals surface area contributed by atoms with Crippen molar-refractivity contribution < 1.29 is 21.6 Å². The van der Waals surface area contributed by atoms with Crippen molar-refractivity contribution >= 4 is 19.7 Å². The summed E-state index contributed by atoms with van der Waals surface area (Å²) < 4.78 is 56.4. The Morgan fingerprint density at radius 2 is 1.81 bits per heavy atom. The molecule has 8 heteroatoms.